The molecule has 1 aromatic carbocycles. The van der Waals surface area contributed by atoms with Crippen LogP contribution >= 0.6 is 0 Å². The molecule has 158 valence electrons. The van der Waals surface area contributed by atoms with Crippen LogP contribution in [0.2, 0.25) is 0 Å². The monoisotopic (exact) mass is 401 g/mol. The molecule has 2 saturated heterocycles. The summed E-state index contributed by atoms with van der Waals surface area (Å²) in [6.45, 7) is 5.05. The largest absolute Gasteiger partial charge is 0.450 e. The van der Waals surface area contributed by atoms with Gasteiger partial charge in [-0.25, -0.2) is 4.79 Å². The van der Waals surface area contributed by atoms with E-state index in [4.69, 9.17) is 4.74 Å². The van der Waals surface area contributed by atoms with Gasteiger partial charge in [-0.2, -0.15) is 0 Å². The first-order chi connectivity index (χ1) is 14.1. The Kier molecular flexibility index (Phi) is 7.32. The van der Waals surface area contributed by atoms with Crippen LogP contribution in [0.3, 0.4) is 0 Å². The Hall–Kier alpha value is -2.77. The highest BCUT2D eigenvalue weighted by atomic mass is 16.6. The summed E-state index contributed by atoms with van der Waals surface area (Å²) in [5, 5.41) is 6.77. The van der Waals surface area contributed by atoms with Gasteiger partial charge in [0.15, 0.2) is 5.96 Å². The van der Waals surface area contributed by atoms with Crippen molar-refractivity contribution in [3.63, 3.8) is 0 Å². The highest BCUT2D eigenvalue weighted by Gasteiger charge is 2.24. The maximum absolute atomic E-state index is 11.9. The summed E-state index contributed by atoms with van der Waals surface area (Å²) in [5.74, 6) is 0.952. The minimum absolute atomic E-state index is 0.203. The van der Waals surface area contributed by atoms with Crippen LogP contribution in [0, 0.1) is 0 Å². The molecule has 2 amide bonds. The molecular weight excluding hydrogens is 370 g/mol. The molecule has 2 heterocycles. The number of anilines is 1. The normalized spacial score (nSPS) is 18.1. The molecule has 0 atom stereocenters. The second-order valence-corrected chi connectivity index (χ2v) is 7.35. The van der Waals surface area contributed by atoms with Gasteiger partial charge in [0.2, 0.25) is 5.91 Å². The summed E-state index contributed by atoms with van der Waals surface area (Å²) in [7, 11) is 1.76. The van der Waals surface area contributed by atoms with Crippen LogP contribution in [-0.4, -0.2) is 62.2 Å². The Labute approximate surface area is 172 Å². The average Bonchev–Trinajstić information content (AvgIpc) is 3.18. The van der Waals surface area contributed by atoms with Gasteiger partial charge in [0.25, 0.3) is 0 Å². The zero-order valence-corrected chi connectivity index (χ0v) is 17.3. The van der Waals surface area contributed by atoms with Gasteiger partial charge in [0, 0.05) is 51.4 Å². The molecule has 1 aromatic rings. The lowest BCUT2D eigenvalue weighted by molar-refractivity contribution is -0.117. The van der Waals surface area contributed by atoms with Crippen LogP contribution in [0.25, 0.3) is 0 Å². The van der Waals surface area contributed by atoms with Crippen molar-refractivity contribution < 1.29 is 14.3 Å². The van der Waals surface area contributed by atoms with Crippen molar-refractivity contribution in [2.24, 2.45) is 4.99 Å². The van der Waals surface area contributed by atoms with Crippen LogP contribution in [0.5, 0.6) is 0 Å². The topological polar surface area (TPSA) is 86.3 Å². The number of piperidine rings is 1. The van der Waals surface area contributed by atoms with Crippen LogP contribution in [0.4, 0.5) is 10.5 Å². The van der Waals surface area contributed by atoms with Crippen LogP contribution in [-0.2, 0) is 16.1 Å². The smallest absolute Gasteiger partial charge is 0.409 e. The molecule has 0 saturated carbocycles. The van der Waals surface area contributed by atoms with E-state index in [1.165, 1.54) is 0 Å². The molecular formula is C21H31N5O3. The number of carbonyl (C=O) groups excluding carboxylic acids is 2. The third-order valence-electron chi connectivity index (χ3n) is 5.37. The number of benzene rings is 1. The fraction of sp³-hybridized carbons (Fsp3) is 0.571. The Balaban J connectivity index is 1.44. The predicted molar refractivity (Wildman–Crippen MR) is 113 cm³/mol. The minimum atomic E-state index is -0.229. The van der Waals surface area contributed by atoms with Gasteiger partial charge < -0.3 is 25.2 Å². The quantitative estimate of drug-likeness (QED) is 0.583. The van der Waals surface area contributed by atoms with Crippen molar-refractivity contribution in [2.75, 3.05) is 38.2 Å². The van der Waals surface area contributed by atoms with E-state index in [0.717, 1.165) is 43.0 Å². The Morgan fingerprint density at radius 2 is 1.93 bits per heavy atom. The van der Waals surface area contributed by atoms with Crippen molar-refractivity contribution in [2.45, 2.75) is 45.2 Å². The lowest BCUT2D eigenvalue weighted by Gasteiger charge is -2.32. The molecule has 0 bridgehead atoms. The number of nitrogens with one attached hydrogen (secondary N) is 2. The second kappa shape index (κ2) is 10.1. The molecule has 2 aliphatic rings. The molecule has 0 unspecified atom stereocenters. The molecule has 8 heteroatoms. The van der Waals surface area contributed by atoms with E-state index in [1.807, 2.05) is 36.1 Å². The first-order valence-electron chi connectivity index (χ1n) is 10.4. The fourth-order valence-electron chi connectivity index (χ4n) is 3.71. The van der Waals surface area contributed by atoms with E-state index in [9.17, 15) is 9.59 Å². The number of rotatable bonds is 5. The third kappa shape index (κ3) is 5.62. The summed E-state index contributed by atoms with van der Waals surface area (Å²) in [6.07, 6.45) is 3.07. The molecule has 2 fully saturated rings. The van der Waals surface area contributed by atoms with Crippen molar-refractivity contribution in [1.29, 1.82) is 0 Å². The first-order valence-corrected chi connectivity index (χ1v) is 10.4. The van der Waals surface area contributed by atoms with E-state index in [-0.39, 0.29) is 18.0 Å². The van der Waals surface area contributed by atoms with E-state index in [2.05, 4.69) is 15.6 Å². The Morgan fingerprint density at radius 3 is 2.52 bits per heavy atom. The van der Waals surface area contributed by atoms with Gasteiger partial charge in [0.1, 0.15) is 0 Å². The van der Waals surface area contributed by atoms with Crippen molar-refractivity contribution in [1.82, 2.24) is 15.5 Å². The molecule has 0 aliphatic carbocycles. The summed E-state index contributed by atoms with van der Waals surface area (Å²) < 4.78 is 5.06. The molecule has 8 nitrogen and oxygen atoms in total. The van der Waals surface area contributed by atoms with E-state index in [1.54, 1.807) is 11.9 Å². The van der Waals surface area contributed by atoms with Gasteiger partial charge in [-0.15, -0.1) is 0 Å². The maximum Gasteiger partial charge on any atom is 0.409 e. The number of hydrogen-bond donors (Lipinski definition) is 2. The van der Waals surface area contributed by atoms with Gasteiger partial charge in [-0.1, -0.05) is 12.1 Å². The number of carbonyl (C=O) groups is 2. The van der Waals surface area contributed by atoms with Crippen molar-refractivity contribution >= 4 is 23.6 Å². The first kappa shape index (κ1) is 21.0. The lowest BCUT2D eigenvalue weighted by Crippen LogP contribution is -2.49. The summed E-state index contributed by atoms with van der Waals surface area (Å²) >= 11 is 0. The Bertz CT molecular complexity index is 726. The summed E-state index contributed by atoms with van der Waals surface area (Å²) in [5.41, 5.74) is 2.09. The molecule has 3 rings (SSSR count). The average molecular weight is 402 g/mol. The molecule has 2 N–H and O–H groups in total. The standard InChI is InChI=1S/C21H31N5O3/c1-3-29-21(28)25-13-10-17(11-14-25)24-20(22-2)23-15-16-6-8-18(9-7-16)26-12-4-5-19(26)27/h6-9,17H,3-5,10-15H2,1-2H3,(H2,22,23,24). The number of guanidine groups is 1. The zero-order valence-electron chi connectivity index (χ0n) is 17.3. The molecule has 29 heavy (non-hydrogen) atoms. The van der Waals surface area contributed by atoms with Crippen LogP contribution < -0.4 is 15.5 Å². The highest BCUT2D eigenvalue weighted by Crippen LogP contribution is 2.21. The third-order valence-corrected chi connectivity index (χ3v) is 5.37. The zero-order chi connectivity index (χ0) is 20.6. The lowest BCUT2D eigenvalue weighted by atomic mass is 10.1. The van der Waals surface area contributed by atoms with Crippen LogP contribution in [0.15, 0.2) is 29.3 Å². The number of likely N-dealkylation sites (tertiary alicyclic amines) is 1. The molecule has 0 spiro atoms. The molecule has 0 aromatic heterocycles. The predicted octanol–water partition coefficient (Wildman–Crippen LogP) is 2.10. The molecule has 2 aliphatic heterocycles. The van der Waals surface area contributed by atoms with Gasteiger partial charge in [-0.3, -0.25) is 9.79 Å². The van der Waals surface area contributed by atoms with E-state index >= 15 is 0 Å². The van der Waals surface area contributed by atoms with Gasteiger partial charge in [-0.05, 0) is 43.9 Å². The number of nitrogens with zero attached hydrogens (tertiary/aromatic N) is 3. The second-order valence-electron chi connectivity index (χ2n) is 7.35. The SMILES string of the molecule is CCOC(=O)N1CCC(NC(=NC)NCc2ccc(N3CCCC3=O)cc2)CC1. The van der Waals surface area contributed by atoms with E-state index < -0.39 is 0 Å². The molecule has 0 radical (unpaired) electrons. The van der Waals surface area contributed by atoms with Gasteiger partial charge >= 0.3 is 6.09 Å². The van der Waals surface area contributed by atoms with Crippen molar-refractivity contribution in [3.8, 4) is 0 Å². The van der Waals surface area contributed by atoms with Crippen LogP contribution in [0.1, 0.15) is 38.2 Å². The minimum Gasteiger partial charge on any atom is -0.450 e. The number of hydrogen-bond acceptors (Lipinski definition) is 4. The number of ether oxygens (including phenoxy) is 1. The maximum atomic E-state index is 11.9. The fourth-order valence-corrected chi connectivity index (χ4v) is 3.71. The number of amides is 2. The number of aliphatic imine (C=N–C) groups is 1. The van der Waals surface area contributed by atoms with E-state index in [0.29, 0.717) is 32.7 Å². The van der Waals surface area contributed by atoms with Gasteiger partial charge in [0.05, 0.1) is 6.61 Å². The van der Waals surface area contributed by atoms with Crippen molar-refractivity contribution in [3.05, 3.63) is 29.8 Å². The highest BCUT2D eigenvalue weighted by molar-refractivity contribution is 5.95. The summed E-state index contributed by atoms with van der Waals surface area (Å²) in [4.78, 5) is 31.6. The summed E-state index contributed by atoms with van der Waals surface area (Å²) in [6, 6.07) is 8.36. The Morgan fingerprint density at radius 1 is 1.21 bits per heavy atom.